The molecule has 0 amide bonds. The number of hydrogen-bond acceptors (Lipinski definition) is 6. The SMILES string of the molecule is CCn1ccnc1C1CCCCN1c1ncc([N+](=O)[O-])s1. The van der Waals surface area contributed by atoms with E-state index in [1.165, 1.54) is 6.20 Å². The van der Waals surface area contributed by atoms with E-state index in [1.54, 1.807) is 0 Å². The molecule has 1 aliphatic rings. The minimum atomic E-state index is -0.382. The molecule has 0 aromatic carbocycles. The van der Waals surface area contributed by atoms with Gasteiger partial charge in [-0.25, -0.2) is 9.97 Å². The molecule has 1 aliphatic heterocycles. The van der Waals surface area contributed by atoms with Gasteiger partial charge < -0.3 is 9.47 Å². The smallest absolute Gasteiger partial charge is 0.338 e. The minimum absolute atomic E-state index is 0.0909. The lowest BCUT2D eigenvalue weighted by Gasteiger charge is -2.35. The molecule has 1 unspecified atom stereocenters. The Morgan fingerprint density at radius 1 is 1.48 bits per heavy atom. The fourth-order valence-corrected chi connectivity index (χ4v) is 3.60. The van der Waals surface area contributed by atoms with Crippen molar-refractivity contribution < 1.29 is 4.92 Å². The predicted molar refractivity (Wildman–Crippen MR) is 80.6 cm³/mol. The molecule has 1 atom stereocenters. The van der Waals surface area contributed by atoms with E-state index in [2.05, 4.69) is 26.4 Å². The number of nitro groups is 1. The second kappa shape index (κ2) is 5.80. The van der Waals surface area contributed by atoms with E-state index in [1.807, 2.05) is 12.4 Å². The second-order valence-electron chi connectivity index (χ2n) is 5.01. The average molecular weight is 307 g/mol. The van der Waals surface area contributed by atoms with Crippen LogP contribution in [-0.2, 0) is 6.54 Å². The van der Waals surface area contributed by atoms with Crippen LogP contribution in [0.4, 0.5) is 10.1 Å². The molecular weight excluding hydrogens is 290 g/mol. The van der Waals surface area contributed by atoms with E-state index in [0.717, 1.165) is 54.6 Å². The Morgan fingerprint density at radius 3 is 3.05 bits per heavy atom. The molecule has 0 saturated carbocycles. The predicted octanol–water partition coefficient (Wildman–Crippen LogP) is 3.00. The van der Waals surface area contributed by atoms with Crippen LogP contribution in [0.1, 0.15) is 38.1 Å². The van der Waals surface area contributed by atoms with Crippen LogP contribution in [0.2, 0.25) is 0 Å². The summed E-state index contributed by atoms with van der Waals surface area (Å²) in [6.07, 6.45) is 8.37. The van der Waals surface area contributed by atoms with E-state index < -0.39 is 0 Å². The lowest BCUT2D eigenvalue weighted by Crippen LogP contribution is -2.34. The van der Waals surface area contributed by atoms with Gasteiger partial charge >= 0.3 is 5.00 Å². The Balaban J connectivity index is 1.92. The summed E-state index contributed by atoms with van der Waals surface area (Å²) in [7, 11) is 0. The van der Waals surface area contributed by atoms with Crippen LogP contribution in [0.3, 0.4) is 0 Å². The number of anilines is 1. The van der Waals surface area contributed by atoms with Crippen molar-refractivity contribution in [2.45, 2.75) is 38.8 Å². The third-order valence-corrected chi connectivity index (χ3v) is 4.78. The van der Waals surface area contributed by atoms with Crippen molar-refractivity contribution in [3.05, 3.63) is 34.5 Å². The molecule has 2 aromatic heterocycles. The van der Waals surface area contributed by atoms with Crippen LogP contribution in [-0.4, -0.2) is 26.0 Å². The van der Waals surface area contributed by atoms with Gasteiger partial charge in [-0.1, -0.05) is 0 Å². The van der Waals surface area contributed by atoms with Crippen LogP contribution < -0.4 is 4.90 Å². The van der Waals surface area contributed by atoms with Crippen molar-refractivity contribution >= 4 is 21.5 Å². The number of hydrogen-bond donors (Lipinski definition) is 0. The Hall–Kier alpha value is -1.96. The Morgan fingerprint density at radius 2 is 2.33 bits per heavy atom. The number of aryl methyl sites for hydroxylation is 1. The van der Waals surface area contributed by atoms with E-state index in [-0.39, 0.29) is 16.0 Å². The number of aromatic nitrogens is 3. The van der Waals surface area contributed by atoms with Crippen LogP contribution in [0.25, 0.3) is 0 Å². The normalized spacial score (nSPS) is 18.9. The van der Waals surface area contributed by atoms with Crippen molar-refractivity contribution in [3.8, 4) is 0 Å². The third kappa shape index (κ3) is 2.63. The van der Waals surface area contributed by atoms with Gasteiger partial charge in [-0.15, -0.1) is 0 Å². The topological polar surface area (TPSA) is 77.1 Å². The fourth-order valence-electron chi connectivity index (χ4n) is 2.79. The van der Waals surface area contributed by atoms with Crippen molar-refractivity contribution in [2.24, 2.45) is 0 Å². The quantitative estimate of drug-likeness (QED) is 0.641. The first-order valence-corrected chi connectivity index (χ1v) is 7.90. The van der Waals surface area contributed by atoms with E-state index in [0.29, 0.717) is 0 Å². The van der Waals surface area contributed by atoms with Gasteiger partial charge in [-0.05, 0) is 37.5 Å². The monoisotopic (exact) mass is 307 g/mol. The summed E-state index contributed by atoms with van der Waals surface area (Å²) < 4.78 is 2.13. The molecule has 2 aromatic rings. The molecule has 1 fully saturated rings. The zero-order chi connectivity index (χ0) is 14.8. The number of nitrogens with zero attached hydrogens (tertiary/aromatic N) is 5. The van der Waals surface area contributed by atoms with Gasteiger partial charge in [-0.3, -0.25) is 10.1 Å². The highest BCUT2D eigenvalue weighted by atomic mass is 32.1. The Labute approximate surface area is 126 Å². The van der Waals surface area contributed by atoms with Crippen LogP contribution in [0, 0.1) is 10.1 Å². The van der Waals surface area contributed by atoms with Gasteiger partial charge in [0.2, 0.25) is 0 Å². The van der Waals surface area contributed by atoms with Gasteiger partial charge in [0.15, 0.2) is 5.13 Å². The van der Waals surface area contributed by atoms with E-state index >= 15 is 0 Å². The van der Waals surface area contributed by atoms with Gasteiger partial charge in [0.1, 0.15) is 12.0 Å². The van der Waals surface area contributed by atoms with Crippen LogP contribution in [0.5, 0.6) is 0 Å². The number of imidazole rings is 1. The maximum Gasteiger partial charge on any atom is 0.345 e. The summed E-state index contributed by atoms with van der Waals surface area (Å²) in [6.45, 7) is 3.83. The van der Waals surface area contributed by atoms with Crippen LogP contribution >= 0.6 is 11.3 Å². The second-order valence-corrected chi connectivity index (χ2v) is 6.00. The molecule has 0 bridgehead atoms. The number of thiazole rings is 1. The fraction of sp³-hybridized carbons (Fsp3) is 0.538. The Bertz CT molecular complexity index is 638. The first kappa shape index (κ1) is 14.0. The summed E-state index contributed by atoms with van der Waals surface area (Å²) in [5, 5.41) is 11.7. The van der Waals surface area contributed by atoms with Crippen molar-refractivity contribution in [3.63, 3.8) is 0 Å². The van der Waals surface area contributed by atoms with Crippen LogP contribution in [0.15, 0.2) is 18.6 Å². The van der Waals surface area contributed by atoms with Gasteiger partial charge in [0.05, 0.1) is 11.0 Å². The van der Waals surface area contributed by atoms with Crippen molar-refractivity contribution in [1.29, 1.82) is 0 Å². The standard InChI is InChI=1S/C13H17N5O2S/c1-2-16-8-6-14-12(16)10-5-3-4-7-17(10)13-15-9-11(21-13)18(19)20/h6,8-10H,2-5,7H2,1H3. The summed E-state index contributed by atoms with van der Waals surface area (Å²) in [6, 6.07) is 0.152. The maximum absolute atomic E-state index is 10.8. The van der Waals surface area contributed by atoms with Gasteiger partial charge in [-0.2, -0.15) is 0 Å². The van der Waals surface area contributed by atoms with Crippen molar-refractivity contribution in [1.82, 2.24) is 14.5 Å². The molecule has 7 nitrogen and oxygen atoms in total. The first-order chi connectivity index (χ1) is 10.2. The molecule has 112 valence electrons. The maximum atomic E-state index is 10.8. The molecule has 0 N–H and O–H groups in total. The third-order valence-electron chi connectivity index (χ3n) is 3.80. The van der Waals surface area contributed by atoms with Gasteiger partial charge in [0, 0.05) is 25.5 Å². The summed E-state index contributed by atoms with van der Waals surface area (Å²) >= 11 is 1.14. The highest BCUT2D eigenvalue weighted by Crippen LogP contribution is 2.38. The average Bonchev–Trinajstić information content (AvgIpc) is 3.16. The molecule has 0 radical (unpaired) electrons. The highest BCUT2D eigenvalue weighted by molar-refractivity contribution is 7.18. The summed E-state index contributed by atoms with van der Waals surface area (Å²) in [5.41, 5.74) is 0. The lowest BCUT2D eigenvalue weighted by molar-refractivity contribution is -0.380. The first-order valence-electron chi connectivity index (χ1n) is 7.08. The number of piperidine rings is 1. The molecule has 21 heavy (non-hydrogen) atoms. The van der Waals surface area contributed by atoms with Gasteiger partial charge in [0.25, 0.3) is 0 Å². The number of rotatable bonds is 4. The molecule has 0 aliphatic carbocycles. The molecule has 8 heteroatoms. The molecule has 1 saturated heterocycles. The minimum Gasteiger partial charge on any atom is -0.338 e. The van der Waals surface area contributed by atoms with E-state index in [4.69, 9.17) is 0 Å². The molecule has 3 heterocycles. The highest BCUT2D eigenvalue weighted by Gasteiger charge is 2.30. The summed E-state index contributed by atoms with van der Waals surface area (Å²) in [5.74, 6) is 1.02. The molecule has 3 rings (SSSR count). The van der Waals surface area contributed by atoms with Crippen molar-refractivity contribution in [2.75, 3.05) is 11.4 Å². The zero-order valence-electron chi connectivity index (χ0n) is 11.8. The summed E-state index contributed by atoms with van der Waals surface area (Å²) in [4.78, 5) is 21.4. The zero-order valence-corrected chi connectivity index (χ0v) is 12.6. The Kier molecular flexibility index (Phi) is 3.87. The lowest BCUT2D eigenvalue weighted by atomic mass is 10.0. The van der Waals surface area contributed by atoms with E-state index in [9.17, 15) is 10.1 Å². The largest absolute Gasteiger partial charge is 0.345 e. The molecule has 0 spiro atoms. The molecular formula is C13H17N5O2S.